The second kappa shape index (κ2) is 4.28. The van der Waals surface area contributed by atoms with E-state index in [1.54, 1.807) is 11.5 Å². The fraction of sp³-hybridized carbons (Fsp3) is 0.714. The topological polar surface area (TPSA) is 62.1 Å². The van der Waals surface area contributed by atoms with Crippen LogP contribution in [0.15, 0.2) is 0 Å². The maximum Gasteiger partial charge on any atom is 0.414 e. The summed E-state index contributed by atoms with van der Waals surface area (Å²) in [7, 11) is 0. The highest BCUT2D eigenvalue weighted by Gasteiger charge is 2.31. The molecule has 0 radical (unpaired) electrons. The lowest BCUT2D eigenvalue weighted by Gasteiger charge is -2.15. The number of rotatable bonds is 3. The molecule has 0 atom stereocenters. The molecule has 0 saturated carbocycles. The highest BCUT2D eigenvalue weighted by atomic mass is 19.4. The van der Waals surface area contributed by atoms with Gasteiger partial charge in [-0.2, -0.15) is 18.4 Å². The van der Waals surface area contributed by atoms with Crippen molar-refractivity contribution in [2.75, 3.05) is 6.61 Å². The normalized spacial score (nSPS) is 12.0. The molecule has 0 saturated heterocycles. The third kappa shape index (κ3) is 4.67. The summed E-state index contributed by atoms with van der Waals surface area (Å²) < 4.78 is 34.6. The summed E-state index contributed by atoms with van der Waals surface area (Å²) in [6, 6.07) is 1.62. The van der Waals surface area contributed by atoms with Gasteiger partial charge >= 0.3 is 6.18 Å². The van der Waals surface area contributed by atoms with E-state index in [0.29, 0.717) is 0 Å². The molecule has 0 aliphatic rings. The largest absolute Gasteiger partial charge is 0.414 e. The van der Waals surface area contributed by atoms with Crippen LogP contribution in [0.25, 0.3) is 0 Å². The van der Waals surface area contributed by atoms with E-state index < -0.39 is 24.1 Å². The van der Waals surface area contributed by atoms with Crippen LogP contribution in [0, 0.1) is 16.7 Å². The predicted molar refractivity (Wildman–Crippen MR) is 39.5 cm³/mol. The van der Waals surface area contributed by atoms with E-state index in [1.165, 1.54) is 13.8 Å². The molecule has 0 aromatic carbocycles. The number of nitrogens with one attached hydrogen (secondary N) is 1. The van der Waals surface area contributed by atoms with Crippen molar-refractivity contribution in [1.82, 2.24) is 5.48 Å². The summed E-state index contributed by atoms with van der Waals surface area (Å²) in [5.74, 6) is -0.913. The zero-order valence-electron chi connectivity index (χ0n) is 7.60. The van der Waals surface area contributed by atoms with Crippen LogP contribution in [0.5, 0.6) is 0 Å². The number of amides is 1. The molecule has 0 aliphatic heterocycles. The van der Waals surface area contributed by atoms with E-state index in [0.717, 1.165) is 0 Å². The van der Waals surface area contributed by atoms with Crippen molar-refractivity contribution in [2.45, 2.75) is 20.0 Å². The average Bonchev–Trinajstić information content (AvgIpc) is 2.02. The van der Waals surface area contributed by atoms with Gasteiger partial charge in [-0.05, 0) is 13.8 Å². The number of nitrogens with zero attached hydrogens (tertiary/aromatic N) is 1. The minimum atomic E-state index is -4.51. The van der Waals surface area contributed by atoms with Gasteiger partial charge in [0.2, 0.25) is 0 Å². The summed E-state index contributed by atoms with van der Waals surface area (Å²) in [4.78, 5) is 14.8. The molecule has 80 valence electrons. The molecule has 14 heavy (non-hydrogen) atoms. The zero-order valence-corrected chi connectivity index (χ0v) is 7.60. The number of hydroxylamine groups is 1. The second-order valence-electron chi connectivity index (χ2n) is 3.07. The van der Waals surface area contributed by atoms with Gasteiger partial charge in [0.25, 0.3) is 5.91 Å². The SMILES string of the molecule is CC(C)(C#N)C(=O)NOCC(F)(F)F. The maximum atomic E-state index is 11.5. The van der Waals surface area contributed by atoms with Crippen molar-refractivity contribution in [3.63, 3.8) is 0 Å². The molecule has 0 unspecified atom stereocenters. The molecule has 0 fully saturated rings. The lowest BCUT2D eigenvalue weighted by Crippen LogP contribution is -2.38. The van der Waals surface area contributed by atoms with Gasteiger partial charge in [0.05, 0.1) is 6.07 Å². The van der Waals surface area contributed by atoms with E-state index >= 15 is 0 Å². The summed E-state index contributed by atoms with van der Waals surface area (Å²) in [5.41, 5.74) is 0.138. The minimum absolute atomic E-state index is 0.913. The van der Waals surface area contributed by atoms with Crippen molar-refractivity contribution in [1.29, 1.82) is 5.26 Å². The van der Waals surface area contributed by atoms with Gasteiger partial charge in [0, 0.05) is 0 Å². The standard InChI is InChI=1S/C7H9F3N2O2/c1-6(2,3-11)5(13)12-14-4-7(8,9)10/h4H2,1-2H3,(H,12,13). The highest BCUT2D eigenvalue weighted by Crippen LogP contribution is 2.15. The van der Waals surface area contributed by atoms with Crippen LogP contribution >= 0.6 is 0 Å². The molecule has 0 rings (SSSR count). The molecule has 0 aromatic rings. The van der Waals surface area contributed by atoms with E-state index in [2.05, 4.69) is 4.84 Å². The van der Waals surface area contributed by atoms with Crippen LogP contribution in [0.3, 0.4) is 0 Å². The van der Waals surface area contributed by atoms with E-state index in [9.17, 15) is 18.0 Å². The van der Waals surface area contributed by atoms with Crippen LogP contribution in [0.2, 0.25) is 0 Å². The molecule has 0 heterocycles. The first-order valence-corrected chi connectivity index (χ1v) is 3.59. The van der Waals surface area contributed by atoms with Crippen LogP contribution in [0.4, 0.5) is 13.2 Å². The Morgan fingerprint density at radius 3 is 2.36 bits per heavy atom. The lowest BCUT2D eigenvalue weighted by atomic mass is 9.95. The Hall–Kier alpha value is -1.29. The van der Waals surface area contributed by atoms with E-state index in [-0.39, 0.29) is 0 Å². The Morgan fingerprint density at radius 1 is 1.50 bits per heavy atom. The van der Waals surface area contributed by atoms with Crippen molar-refractivity contribution >= 4 is 5.91 Å². The van der Waals surface area contributed by atoms with Gasteiger partial charge in [-0.1, -0.05) is 0 Å². The van der Waals surface area contributed by atoms with Gasteiger partial charge in [0.15, 0.2) is 6.61 Å². The highest BCUT2D eigenvalue weighted by molar-refractivity contribution is 5.83. The van der Waals surface area contributed by atoms with Crippen LogP contribution in [-0.4, -0.2) is 18.7 Å². The van der Waals surface area contributed by atoms with E-state index in [1.807, 2.05) is 0 Å². The van der Waals surface area contributed by atoms with Gasteiger partial charge < -0.3 is 0 Å². The van der Waals surface area contributed by atoms with Gasteiger partial charge in [-0.3, -0.25) is 9.63 Å². The molecule has 7 heteroatoms. The summed E-state index contributed by atoms with van der Waals surface area (Å²) in [6.07, 6.45) is -4.51. The van der Waals surface area contributed by atoms with Crippen LogP contribution < -0.4 is 5.48 Å². The van der Waals surface area contributed by atoms with Gasteiger partial charge in [-0.15, -0.1) is 0 Å². The monoisotopic (exact) mass is 210 g/mol. The van der Waals surface area contributed by atoms with Gasteiger partial charge in [0.1, 0.15) is 5.41 Å². The first-order chi connectivity index (χ1) is 6.19. The fourth-order valence-corrected chi connectivity index (χ4v) is 0.362. The number of hydrogen-bond acceptors (Lipinski definition) is 3. The van der Waals surface area contributed by atoms with Crippen molar-refractivity contribution < 1.29 is 22.8 Å². The molecular formula is C7H9F3N2O2. The summed E-state index contributed by atoms with van der Waals surface area (Å²) in [5, 5.41) is 8.44. The minimum Gasteiger partial charge on any atom is -0.271 e. The number of carbonyl (C=O) groups is 1. The average molecular weight is 210 g/mol. The summed E-state index contributed by atoms with van der Waals surface area (Å²) in [6.45, 7) is 0.943. The fourth-order valence-electron chi connectivity index (χ4n) is 0.362. The molecule has 4 nitrogen and oxygen atoms in total. The van der Waals surface area contributed by atoms with Gasteiger partial charge in [-0.25, -0.2) is 5.48 Å². The molecule has 1 amide bonds. The first kappa shape index (κ1) is 12.7. The number of nitriles is 1. The van der Waals surface area contributed by atoms with E-state index in [4.69, 9.17) is 5.26 Å². The molecule has 0 aromatic heterocycles. The number of halogens is 3. The Kier molecular flexibility index (Phi) is 3.89. The smallest absolute Gasteiger partial charge is 0.271 e. The lowest BCUT2D eigenvalue weighted by molar-refractivity contribution is -0.193. The number of hydrogen-bond donors (Lipinski definition) is 1. The molecule has 0 bridgehead atoms. The predicted octanol–water partition coefficient (Wildman–Crippen LogP) is 1.15. The number of carbonyl (C=O) groups excluding carboxylic acids is 1. The van der Waals surface area contributed by atoms with Crippen molar-refractivity contribution in [2.24, 2.45) is 5.41 Å². The number of alkyl halides is 3. The van der Waals surface area contributed by atoms with Crippen molar-refractivity contribution in [3.05, 3.63) is 0 Å². The van der Waals surface area contributed by atoms with Crippen LogP contribution in [-0.2, 0) is 9.63 Å². The zero-order chi connectivity index (χ0) is 11.4. The Bertz CT molecular complexity index is 255. The first-order valence-electron chi connectivity index (χ1n) is 3.59. The molecule has 0 aliphatic carbocycles. The maximum absolute atomic E-state index is 11.5. The third-order valence-electron chi connectivity index (χ3n) is 1.25. The molecule has 1 N–H and O–H groups in total. The van der Waals surface area contributed by atoms with Crippen molar-refractivity contribution in [3.8, 4) is 6.07 Å². The quantitative estimate of drug-likeness (QED) is 0.710. The Morgan fingerprint density at radius 2 is 2.00 bits per heavy atom. The molecule has 0 spiro atoms. The Balaban J connectivity index is 3.95. The third-order valence-corrected chi connectivity index (χ3v) is 1.25. The second-order valence-corrected chi connectivity index (χ2v) is 3.07. The Labute approximate surface area is 78.6 Å². The van der Waals surface area contributed by atoms with Crippen LogP contribution in [0.1, 0.15) is 13.8 Å². The summed E-state index contributed by atoms with van der Waals surface area (Å²) >= 11 is 0. The molecular weight excluding hydrogens is 201 g/mol.